The predicted molar refractivity (Wildman–Crippen MR) is 121 cm³/mol. The third-order valence-electron chi connectivity index (χ3n) is 5.50. The molecular weight excluding hydrogens is 424 g/mol. The summed E-state index contributed by atoms with van der Waals surface area (Å²) < 4.78 is 7.07. The van der Waals surface area contributed by atoms with Gasteiger partial charge in [-0.15, -0.1) is 0 Å². The molecule has 0 unspecified atom stereocenters. The van der Waals surface area contributed by atoms with Gasteiger partial charge in [-0.2, -0.15) is 5.10 Å². The summed E-state index contributed by atoms with van der Waals surface area (Å²) in [5, 5.41) is 19.0. The maximum atomic E-state index is 12.8. The monoisotopic (exact) mass is 448 g/mol. The average molecular weight is 448 g/mol. The molecule has 1 fully saturated rings. The Bertz CT molecular complexity index is 1210. The van der Waals surface area contributed by atoms with E-state index in [2.05, 4.69) is 15.7 Å². The third kappa shape index (κ3) is 4.87. The van der Waals surface area contributed by atoms with Crippen molar-refractivity contribution >= 4 is 23.5 Å². The Hall–Kier alpha value is -4.14. The number of carboxylic acids is 1. The highest BCUT2D eigenvalue weighted by Crippen LogP contribution is 2.39. The molecule has 1 saturated carbocycles. The van der Waals surface area contributed by atoms with Crippen molar-refractivity contribution in [2.75, 3.05) is 12.4 Å². The Kier molecular flexibility index (Phi) is 6.12. The zero-order valence-corrected chi connectivity index (χ0v) is 18.3. The van der Waals surface area contributed by atoms with Crippen LogP contribution in [-0.4, -0.2) is 39.8 Å². The van der Waals surface area contributed by atoms with Gasteiger partial charge in [0, 0.05) is 30.8 Å². The van der Waals surface area contributed by atoms with E-state index in [4.69, 9.17) is 9.84 Å². The van der Waals surface area contributed by atoms with Gasteiger partial charge in [0.15, 0.2) is 0 Å². The molecule has 0 atom stereocenters. The van der Waals surface area contributed by atoms with Gasteiger partial charge in [0.05, 0.1) is 23.9 Å². The molecule has 1 aliphatic rings. The first-order valence-corrected chi connectivity index (χ1v) is 10.5. The molecule has 2 amide bonds. The molecule has 0 spiro atoms. The smallest absolute Gasteiger partial charge is 0.335 e. The standard InChI is InChI=1S/C24H24N4O5/c1-28-20(12-19(27-28)14-6-7-14)23(30)25-13-16-4-3-5-18(21(16)33-2)22(29)26-17-10-8-15(9-11-17)24(31)32/h3-5,8-12,14H,6-7,13H2,1-2H3,(H,25,30)(H,26,29)(H,31,32). The highest BCUT2D eigenvalue weighted by atomic mass is 16.5. The van der Waals surface area contributed by atoms with E-state index < -0.39 is 11.9 Å². The molecule has 170 valence electrons. The molecule has 0 radical (unpaired) electrons. The number of benzene rings is 2. The van der Waals surface area contributed by atoms with E-state index in [1.165, 1.54) is 31.4 Å². The van der Waals surface area contributed by atoms with Gasteiger partial charge >= 0.3 is 5.97 Å². The van der Waals surface area contributed by atoms with Crippen molar-refractivity contribution in [3.8, 4) is 5.75 Å². The zero-order valence-electron chi connectivity index (χ0n) is 18.3. The molecule has 1 heterocycles. The lowest BCUT2D eigenvalue weighted by molar-refractivity contribution is 0.0696. The second-order valence-corrected chi connectivity index (χ2v) is 7.87. The van der Waals surface area contributed by atoms with Crippen molar-refractivity contribution in [1.82, 2.24) is 15.1 Å². The van der Waals surface area contributed by atoms with Crippen molar-refractivity contribution in [2.24, 2.45) is 7.05 Å². The van der Waals surface area contributed by atoms with Crippen LogP contribution in [0.25, 0.3) is 0 Å². The number of aromatic nitrogens is 2. The predicted octanol–water partition coefficient (Wildman–Crippen LogP) is 3.19. The topological polar surface area (TPSA) is 123 Å². The lowest BCUT2D eigenvalue weighted by atomic mass is 10.1. The molecule has 3 N–H and O–H groups in total. The van der Waals surface area contributed by atoms with Crippen LogP contribution in [0, 0.1) is 0 Å². The van der Waals surface area contributed by atoms with Gasteiger partial charge in [-0.3, -0.25) is 14.3 Å². The lowest BCUT2D eigenvalue weighted by Crippen LogP contribution is -2.25. The minimum atomic E-state index is -1.04. The number of anilines is 1. The Morgan fingerprint density at radius 3 is 2.48 bits per heavy atom. The molecule has 0 bridgehead atoms. The van der Waals surface area contributed by atoms with Crippen LogP contribution in [0.1, 0.15) is 61.2 Å². The summed E-state index contributed by atoms with van der Waals surface area (Å²) in [6.45, 7) is 0.167. The maximum Gasteiger partial charge on any atom is 0.335 e. The number of rotatable bonds is 8. The maximum absolute atomic E-state index is 12.8. The molecule has 2 aromatic carbocycles. The van der Waals surface area contributed by atoms with Crippen LogP contribution in [0.2, 0.25) is 0 Å². The Labute approximate surface area is 190 Å². The van der Waals surface area contributed by atoms with Crippen molar-refractivity contribution in [1.29, 1.82) is 0 Å². The van der Waals surface area contributed by atoms with E-state index in [1.807, 2.05) is 6.07 Å². The van der Waals surface area contributed by atoms with E-state index in [-0.39, 0.29) is 18.0 Å². The Balaban J connectivity index is 1.46. The first-order valence-electron chi connectivity index (χ1n) is 10.5. The van der Waals surface area contributed by atoms with E-state index >= 15 is 0 Å². The van der Waals surface area contributed by atoms with Gasteiger partial charge in [0.1, 0.15) is 11.4 Å². The molecule has 0 saturated heterocycles. The lowest BCUT2D eigenvalue weighted by Gasteiger charge is -2.14. The van der Waals surface area contributed by atoms with Crippen molar-refractivity contribution in [2.45, 2.75) is 25.3 Å². The molecule has 4 rings (SSSR count). The van der Waals surface area contributed by atoms with Crippen LogP contribution in [0.15, 0.2) is 48.5 Å². The molecule has 1 aliphatic carbocycles. The fourth-order valence-electron chi connectivity index (χ4n) is 3.59. The second-order valence-electron chi connectivity index (χ2n) is 7.87. The summed E-state index contributed by atoms with van der Waals surface area (Å²) in [5.74, 6) is -0.912. The number of nitrogens with one attached hydrogen (secondary N) is 2. The summed E-state index contributed by atoms with van der Waals surface area (Å²) in [4.78, 5) is 36.5. The largest absolute Gasteiger partial charge is 0.496 e. The van der Waals surface area contributed by atoms with E-state index in [0.717, 1.165) is 18.5 Å². The van der Waals surface area contributed by atoms with E-state index in [0.29, 0.717) is 34.2 Å². The number of para-hydroxylation sites is 1. The number of carbonyl (C=O) groups is 3. The number of nitrogens with zero attached hydrogens (tertiary/aromatic N) is 2. The van der Waals surface area contributed by atoms with Crippen LogP contribution in [0.3, 0.4) is 0 Å². The summed E-state index contributed by atoms with van der Waals surface area (Å²) in [5.41, 5.74) is 2.94. The Morgan fingerprint density at radius 2 is 1.85 bits per heavy atom. The van der Waals surface area contributed by atoms with Crippen LogP contribution in [-0.2, 0) is 13.6 Å². The van der Waals surface area contributed by atoms with Gasteiger partial charge in [-0.25, -0.2) is 4.79 Å². The highest BCUT2D eigenvalue weighted by Gasteiger charge is 2.28. The molecule has 33 heavy (non-hydrogen) atoms. The number of aromatic carboxylic acids is 1. The Morgan fingerprint density at radius 1 is 1.12 bits per heavy atom. The minimum absolute atomic E-state index is 0.126. The number of amides is 2. The summed E-state index contributed by atoms with van der Waals surface area (Å²) in [7, 11) is 3.21. The number of hydrogen-bond acceptors (Lipinski definition) is 5. The van der Waals surface area contributed by atoms with Crippen molar-refractivity contribution < 1.29 is 24.2 Å². The molecule has 9 heteroatoms. The quantitative estimate of drug-likeness (QED) is 0.486. The first kappa shape index (κ1) is 22.1. The number of carboxylic acid groups (broad SMARTS) is 1. The molecule has 1 aromatic heterocycles. The number of aryl methyl sites for hydroxylation is 1. The number of ether oxygens (including phenoxy) is 1. The number of carbonyl (C=O) groups excluding carboxylic acids is 2. The molecular formula is C24H24N4O5. The number of methoxy groups -OCH3 is 1. The van der Waals surface area contributed by atoms with Crippen LogP contribution < -0.4 is 15.4 Å². The summed E-state index contributed by atoms with van der Waals surface area (Å²) >= 11 is 0. The van der Waals surface area contributed by atoms with E-state index in [1.54, 1.807) is 29.9 Å². The highest BCUT2D eigenvalue weighted by molar-refractivity contribution is 6.06. The molecule has 0 aliphatic heterocycles. The van der Waals surface area contributed by atoms with Crippen molar-refractivity contribution in [3.63, 3.8) is 0 Å². The van der Waals surface area contributed by atoms with Gasteiger partial charge in [0.25, 0.3) is 11.8 Å². The first-order chi connectivity index (χ1) is 15.9. The average Bonchev–Trinajstić information content (AvgIpc) is 3.59. The fourth-order valence-corrected chi connectivity index (χ4v) is 3.59. The van der Waals surface area contributed by atoms with E-state index in [9.17, 15) is 14.4 Å². The van der Waals surface area contributed by atoms with Crippen LogP contribution >= 0.6 is 0 Å². The van der Waals surface area contributed by atoms with Crippen LogP contribution in [0.5, 0.6) is 5.75 Å². The van der Waals surface area contributed by atoms with Gasteiger partial charge in [-0.1, -0.05) is 12.1 Å². The SMILES string of the molecule is COc1c(CNC(=O)c2cc(C3CC3)nn2C)cccc1C(=O)Nc1ccc(C(=O)O)cc1. The summed E-state index contributed by atoms with van der Waals surface area (Å²) in [6.07, 6.45) is 2.21. The molecule has 3 aromatic rings. The normalized spacial score (nSPS) is 12.8. The second kappa shape index (κ2) is 9.15. The van der Waals surface area contributed by atoms with Gasteiger partial charge in [-0.05, 0) is 49.2 Å². The number of hydrogen-bond donors (Lipinski definition) is 3. The fraction of sp³-hybridized carbons (Fsp3) is 0.250. The van der Waals surface area contributed by atoms with Gasteiger partial charge < -0.3 is 20.5 Å². The minimum Gasteiger partial charge on any atom is -0.496 e. The zero-order chi connectivity index (χ0) is 23.5. The van der Waals surface area contributed by atoms with Gasteiger partial charge in [0.2, 0.25) is 0 Å². The van der Waals surface area contributed by atoms with Crippen molar-refractivity contribution in [3.05, 3.63) is 76.6 Å². The van der Waals surface area contributed by atoms with Crippen LogP contribution in [0.4, 0.5) is 5.69 Å². The summed E-state index contributed by atoms with van der Waals surface area (Å²) in [6, 6.07) is 12.8. The molecule has 9 nitrogen and oxygen atoms in total. The third-order valence-corrected chi connectivity index (χ3v) is 5.50.